The van der Waals surface area contributed by atoms with Crippen molar-refractivity contribution >= 4 is 40.1 Å². The Bertz CT molecular complexity index is 1420. The van der Waals surface area contributed by atoms with Crippen molar-refractivity contribution in [3.8, 4) is 5.75 Å². The zero-order valence-corrected chi connectivity index (χ0v) is 24.7. The number of likely N-dealkylation sites (tertiary alicyclic amines) is 1. The van der Waals surface area contributed by atoms with Crippen molar-refractivity contribution in [2.45, 2.75) is 46.2 Å². The van der Waals surface area contributed by atoms with Crippen molar-refractivity contribution in [2.24, 2.45) is 5.92 Å². The van der Waals surface area contributed by atoms with E-state index in [4.69, 9.17) is 16.3 Å². The summed E-state index contributed by atoms with van der Waals surface area (Å²) in [5.74, 6) is -0.917. The van der Waals surface area contributed by atoms with Crippen LogP contribution in [0.2, 0.25) is 5.02 Å². The highest BCUT2D eigenvalue weighted by atomic mass is 35.5. The van der Waals surface area contributed by atoms with Crippen molar-refractivity contribution in [3.05, 3.63) is 34.7 Å². The summed E-state index contributed by atoms with van der Waals surface area (Å²) in [6.07, 6.45) is -1.01. The molecule has 0 N–H and O–H groups in total. The Kier molecular flexibility index (Phi) is 8.97. The Hall–Kier alpha value is -3.32. The maximum Gasteiger partial charge on any atom is 0.493 e. The lowest BCUT2D eigenvalue weighted by Crippen LogP contribution is -2.47. The van der Waals surface area contributed by atoms with Crippen molar-refractivity contribution in [2.75, 3.05) is 62.2 Å². The summed E-state index contributed by atoms with van der Waals surface area (Å²) in [4.78, 5) is 32.0. The fourth-order valence-corrected chi connectivity index (χ4v) is 5.71. The number of halogens is 4. The lowest BCUT2D eigenvalue weighted by molar-refractivity contribution is -0.200. The van der Waals surface area contributed by atoms with Crippen LogP contribution >= 0.6 is 11.6 Å². The Morgan fingerprint density at radius 2 is 1.74 bits per heavy atom. The molecule has 42 heavy (non-hydrogen) atoms. The first-order chi connectivity index (χ1) is 20.0. The number of anilines is 2. The summed E-state index contributed by atoms with van der Waals surface area (Å²) in [5, 5.41) is 5.26. The van der Waals surface area contributed by atoms with Gasteiger partial charge in [-0.2, -0.15) is 13.2 Å². The van der Waals surface area contributed by atoms with E-state index in [9.17, 15) is 18.0 Å². The van der Waals surface area contributed by atoms with Gasteiger partial charge in [-0.05, 0) is 57.3 Å². The fraction of sp³-hybridized carbons (Fsp3) is 0.571. The van der Waals surface area contributed by atoms with E-state index in [0.717, 1.165) is 36.6 Å². The summed E-state index contributed by atoms with van der Waals surface area (Å²) in [5.41, 5.74) is 2.50. The molecule has 0 aliphatic carbocycles. The molecule has 2 saturated heterocycles. The van der Waals surface area contributed by atoms with E-state index in [-0.39, 0.29) is 11.6 Å². The number of hydrogen-bond acceptors (Lipinski definition) is 9. The number of alkyl halides is 3. The Morgan fingerprint density at radius 1 is 1.05 bits per heavy atom. The van der Waals surface area contributed by atoms with E-state index in [0.29, 0.717) is 66.0 Å². The fourth-order valence-electron chi connectivity index (χ4n) is 5.51. The number of fused-ring (bicyclic) bond motifs is 1. The monoisotopic (exact) mass is 609 g/mol. The maximum absolute atomic E-state index is 12.9. The molecule has 0 bridgehead atoms. The first-order valence-corrected chi connectivity index (χ1v) is 14.6. The molecule has 0 saturated carbocycles. The summed E-state index contributed by atoms with van der Waals surface area (Å²) in [6.45, 7) is 12.1. The maximum atomic E-state index is 12.9. The van der Waals surface area contributed by atoms with Gasteiger partial charge in [0.25, 0.3) is 0 Å². The standard InChI is InChI=1S/C28H35ClF3N7O3/c1-18(2)14-21-24-25(33-17-34-26(24)39(35-21)42-27(40)28(30,31)32)38-10-8-37(9-11-38)22-15-20(29)16-23(19(22)3)41-13-12-36-6-4-5-7-36/h15-18H,4-14H2,1-3H3. The number of aromatic nitrogens is 4. The summed E-state index contributed by atoms with van der Waals surface area (Å²) in [6, 6.07) is 3.81. The molecule has 4 heterocycles. The summed E-state index contributed by atoms with van der Waals surface area (Å²) in [7, 11) is 0. The number of carbonyl (C=O) groups excluding carboxylic acids is 1. The average molecular weight is 610 g/mol. The van der Waals surface area contributed by atoms with Crippen LogP contribution in [0.15, 0.2) is 18.5 Å². The molecule has 2 aromatic heterocycles. The van der Waals surface area contributed by atoms with Gasteiger partial charge < -0.3 is 19.4 Å². The molecule has 0 amide bonds. The van der Waals surface area contributed by atoms with Crippen LogP contribution in [0, 0.1) is 12.8 Å². The highest BCUT2D eigenvalue weighted by Crippen LogP contribution is 2.35. The second-order valence-electron chi connectivity index (χ2n) is 11.1. The van der Waals surface area contributed by atoms with Crippen molar-refractivity contribution in [1.29, 1.82) is 0 Å². The SMILES string of the molecule is Cc1c(OCCN2CCCC2)cc(Cl)cc1N1CCN(c2ncnc3c2c(CC(C)C)nn3OC(=O)C(F)(F)F)CC1. The smallest absolute Gasteiger partial charge is 0.492 e. The number of rotatable bonds is 9. The molecule has 0 atom stereocenters. The molecule has 3 aromatic rings. The van der Waals surface area contributed by atoms with Crippen LogP contribution in [0.25, 0.3) is 11.0 Å². The molecule has 14 heteroatoms. The van der Waals surface area contributed by atoms with Crippen molar-refractivity contribution < 1.29 is 27.5 Å². The quantitative estimate of drug-likeness (QED) is 0.352. The number of carbonyl (C=O) groups is 1. The minimum Gasteiger partial charge on any atom is -0.492 e. The van der Waals surface area contributed by atoms with Gasteiger partial charge >= 0.3 is 12.1 Å². The molecule has 2 fully saturated rings. The van der Waals surface area contributed by atoms with E-state index in [1.807, 2.05) is 32.9 Å². The average Bonchev–Trinajstić information content (AvgIpc) is 3.58. The number of benzene rings is 1. The van der Waals surface area contributed by atoms with Gasteiger partial charge in [-0.25, -0.2) is 14.8 Å². The third kappa shape index (κ3) is 6.67. The predicted molar refractivity (Wildman–Crippen MR) is 153 cm³/mol. The molecule has 2 aliphatic heterocycles. The Balaban J connectivity index is 1.34. The van der Waals surface area contributed by atoms with Crippen LogP contribution in [-0.2, 0) is 11.2 Å². The van der Waals surface area contributed by atoms with Crippen molar-refractivity contribution in [1.82, 2.24) is 24.8 Å². The minimum absolute atomic E-state index is 0.0112. The summed E-state index contributed by atoms with van der Waals surface area (Å²) < 4.78 is 44.9. The number of ether oxygens (including phenoxy) is 1. The first-order valence-electron chi connectivity index (χ1n) is 14.2. The van der Waals surface area contributed by atoms with E-state index >= 15 is 0 Å². The van der Waals surface area contributed by atoms with E-state index in [1.54, 1.807) is 0 Å². The van der Waals surface area contributed by atoms with Crippen molar-refractivity contribution in [3.63, 3.8) is 0 Å². The molecule has 0 spiro atoms. The Labute approximate surface area is 247 Å². The first kappa shape index (κ1) is 30.1. The topological polar surface area (TPSA) is 88.8 Å². The third-order valence-electron chi connectivity index (χ3n) is 7.57. The van der Waals surface area contributed by atoms with Gasteiger partial charge in [-0.1, -0.05) is 30.3 Å². The van der Waals surface area contributed by atoms with E-state index in [2.05, 4.69) is 34.6 Å². The van der Waals surface area contributed by atoms with Crippen LogP contribution in [-0.4, -0.2) is 89.4 Å². The van der Waals surface area contributed by atoms with Gasteiger partial charge in [0, 0.05) is 49.0 Å². The van der Waals surface area contributed by atoms with Gasteiger partial charge in [-0.15, -0.1) is 5.10 Å². The van der Waals surface area contributed by atoms with E-state index in [1.165, 1.54) is 19.2 Å². The second kappa shape index (κ2) is 12.5. The van der Waals surface area contributed by atoms with Gasteiger partial charge in [-0.3, -0.25) is 4.90 Å². The van der Waals surface area contributed by atoms with Crippen LogP contribution in [0.4, 0.5) is 24.7 Å². The number of nitrogens with zero attached hydrogens (tertiary/aromatic N) is 7. The van der Waals surface area contributed by atoms with Crippen LogP contribution in [0.1, 0.15) is 37.9 Å². The molecular formula is C28H35ClF3N7O3. The van der Waals surface area contributed by atoms with E-state index < -0.39 is 12.1 Å². The van der Waals surface area contributed by atoms with Gasteiger partial charge in [0.15, 0.2) is 0 Å². The van der Waals surface area contributed by atoms with Crippen LogP contribution < -0.4 is 19.4 Å². The minimum atomic E-state index is -5.17. The van der Waals surface area contributed by atoms with Crippen LogP contribution in [0.3, 0.4) is 0 Å². The van der Waals surface area contributed by atoms with Crippen LogP contribution in [0.5, 0.6) is 5.75 Å². The highest BCUT2D eigenvalue weighted by molar-refractivity contribution is 6.31. The van der Waals surface area contributed by atoms with Gasteiger partial charge in [0.05, 0.1) is 11.1 Å². The second-order valence-corrected chi connectivity index (χ2v) is 11.5. The number of piperazine rings is 1. The summed E-state index contributed by atoms with van der Waals surface area (Å²) >= 11 is 6.50. The molecule has 0 radical (unpaired) electrons. The Morgan fingerprint density at radius 3 is 2.40 bits per heavy atom. The molecule has 5 rings (SSSR count). The molecular weight excluding hydrogens is 575 g/mol. The number of hydrogen-bond donors (Lipinski definition) is 0. The zero-order valence-electron chi connectivity index (χ0n) is 24.0. The predicted octanol–water partition coefficient (Wildman–Crippen LogP) is 4.31. The molecule has 2 aliphatic rings. The molecule has 1 aromatic carbocycles. The highest BCUT2D eigenvalue weighted by Gasteiger charge is 2.43. The molecule has 10 nitrogen and oxygen atoms in total. The third-order valence-corrected chi connectivity index (χ3v) is 7.79. The normalized spacial score (nSPS) is 16.6. The lowest BCUT2D eigenvalue weighted by atomic mass is 10.1. The lowest BCUT2D eigenvalue weighted by Gasteiger charge is -2.37. The van der Waals surface area contributed by atoms with Gasteiger partial charge in [0.1, 0.15) is 24.5 Å². The zero-order chi connectivity index (χ0) is 30.0. The van der Waals surface area contributed by atoms with Gasteiger partial charge in [0.2, 0.25) is 5.65 Å². The molecule has 0 unspecified atom stereocenters. The largest absolute Gasteiger partial charge is 0.493 e. The molecule has 228 valence electrons.